The molecule has 6 N–H and O–H groups in total. The van der Waals surface area contributed by atoms with E-state index in [1.807, 2.05) is 7.05 Å². The Morgan fingerprint density at radius 1 is 1.22 bits per heavy atom. The number of benzene rings is 1. The predicted octanol–water partition coefficient (Wildman–Crippen LogP) is 1.19. The number of rotatable bonds is 4. The van der Waals surface area contributed by atoms with Gasteiger partial charge in [-0.2, -0.15) is 0 Å². The lowest BCUT2D eigenvalue weighted by Crippen LogP contribution is -2.65. The normalized spacial score (nSPS) is 33.0. The van der Waals surface area contributed by atoms with Gasteiger partial charge in [-0.05, 0) is 81.9 Å². The molecule has 41 heavy (non-hydrogen) atoms. The molecular weight excluding hydrogens is 528 g/mol. The van der Waals surface area contributed by atoms with E-state index in [1.54, 1.807) is 20.2 Å². The molecule has 1 amide bonds. The van der Waals surface area contributed by atoms with Gasteiger partial charge >= 0.3 is 0 Å². The quantitative estimate of drug-likeness (QED) is 0.334. The lowest BCUT2D eigenvalue weighted by atomic mass is 9.57. The van der Waals surface area contributed by atoms with Crippen LogP contribution in [0.15, 0.2) is 23.0 Å². The number of anilines is 1. The molecule has 1 aromatic carbocycles. The number of carbonyl (C=O) groups is 3. The maximum Gasteiger partial charge on any atom is 0.255 e. The summed E-state index contributed by atoms with van der Waals surface area (Å²) in [6, 6.07) is 0.739. The van der Waals surface area contributed by atoms with E-state index >= 15 is 0 Å². The highest BCUT2D eigenvalue weighted by Crippen LogP contribution is 2.56. The minimum Gasteiger partial charge on any atom is -0.508 e. The van der Waals surface area contributed by atoms with Crippen molar-refractivity contribution in [2.75, 3.05) is 45.7 Å². The van der Waals surface area contributed by atoms with Crippen LogP contribution >= 0.6 is 0 Å². The molecule has 1 aromatic rings. The van der Waals surface area contributed by atoms with E-state index in [1.165, 1.54) is 4.90 Å². The van der Waals surface area contributed by atoms with Crippen LogP contribution in [0.3, 0.4) is 0 Å². The van der Waals surface area contributed by atoms with E-state index in [-0.39, 0.29) is 29.3 Å². The molecule has 3 aliphatic carbocycles. The van der Waals surface area contributed by atoms with E-state index in [9.17, 15) is 34.8 Å². The van der Waals surface area contributed by atoms with Crippen LogP contribution in [0.5, 0.6) is 5.75 Å². The van der Waals surface area contributed by atoms with E-state index in [4.69, 9.17) is 5.73 Å². The number of phenols is 1. The van der Waals surface area contributed by atoms with Crippen molar-refractivity contribution < 1.29 is 34.8 Å². The summed E-state index contributed by atoms with van der Waals surface area (Å²) in [5.41, 5.74) is 4.64. The average Bonchev–Trinajstić information content (AvgIpc) is 3.28. The maximum atomic E-state index is 14.1. The third-order valence-corrected chi connectivity index (χ3v) is 10.1. The fourth-order valence-corrected chi connectivity index (χ4v) is 8.56. The Balaban J connectivity index is 1.54. The minimum absolute atomic E-state index is 0.0773. The van der Waals surface area contributed by atoms with Crippen molar-refractivity contribution in [3.8, 4) is 5.75 Å². The number of carbonyl (C=O) groups excluding carboxylic acids is 3. The van der Waals surface area contributed by atoms with Crippen LogP contribution in [-0.4, -0.2) is 100 Å². The Hall–Kier alpha value is -3.41. The zero-order valence-electron chi connectivity index (χ0n) is 23.8. The molecule has 1 saturated heterocycles. The zero-order chi connectivity index (χ0) is 29.7. The van der Waals surface area contributed by atoms with Gasteiger partial charge in [-0.25, -0.2) is 0 Å². The number of amides is 1. The van der Waals surface area contributed by atoms with Crippen LogP contribution < -0.4 is 10.6 Å². The van der Waals surface area contributed by atoms with Gasteiger partial charge in [0.15, 0.2) is 11.4 Å². The number of fused-ring (bicyclic) bond motifs is 7. The summed E-state index contributed by atoms with van der Waals surface area (Å²) in [4.78, 5) is 45.7. The minimum atomic E-state index is -2.64. The SMILES string of the molecule is CCCN1CCC2CN(C)c3c(cc(O)c4c3C[C@H]3C[C@@H]5[C@@H](N(C)C)C(=O)C(C(N)=O)=C(O)[C@@]5(O)C(=O)C3=C4O)C21. The molecule has 0 bridgehead atoms. The molecule has 220 valence electrons. The molecule has 0 spiro atoms. The highest BCUT2D eigenvalue weighted by Gasteiger charge is 2.64. The molecule has 11 nitrogen and oxygen atoms in total. The molecule has 5 aliphatic rings. The Morgan fingerprint density at radius 2 is 1.93 bits per heavy atom. The number of aliphatic hydroxyl groups excluding tert-OH is 2. The predicted molar refractivity (Wildman–Crippen MR) is 150 cm³/mol. The molecule has 2 aliphatic heterocycles. The number of likely N-dealkylation sites (N-methyl/N-ethyl adjacent to an activating group) is 1. The summed E-state index contributed by atoms with van der Waals surface area (Å²) in [5.74, 6) is -5.94. The Morgan fingerprint density at radius 3 is 2.56 bits per heavy atom. The Labute approximate surface area is 238 Å². The first kappa shape index (κ1) is 27.7. The molecule has 2 fully saturated rings. The van der Waals surface area contributed by atoms with Gasteiger partial charge in [0.25, 0.3) is 5.91 Å². The summed E-state index contributed by atoms with van der Waals surface area (Å²) in [6.45, 7) is 4.89. The fourth-order valence-electron chi connectivity index (χ4n) is 8.56. The summed E-state index contributed by atoms with van der Waals surface area (Å²) in [6.07, 6.45) is 2.44. The molecule has 2 heterocycles. The van der Waals surface area contributed by atoms with Crippen molar-refractivity contribution in [3.05, 3.63) is 39.7 Å². The first-order valence-electron chi connectivity index (χ1n) is 14.3. The molecular formula is C30H38N4O7. The highest BCUT2D eigenvalue weighted by molar-refractivity contribution is 6.24. The molecule has 6 rings (SSSR count). The number of primary amides is 1. The Kier molecular flexibility index (Phi) is 6.29. The number of hydrogen-bond donors (Lipinski definition) is 5. The van der Waals surface area contributed by atoms with Crippen molar-refractivity contribution in [3.63, 3.8) is 0 Å². The van der Waals surface area contributed by atoms with E-state index in [0.717, 1.165) is 49.3 Å². The van der Waals surface area contributed by atoms with Crippen LogP contribution in [-0.2, 0) is 20.8 Å². The summed E-state index contributed by atoms with van der Waals surface area (Å²) in [5, 5.41) is 45.7. The fraction of sp³-hybridized carbons (Fsp3) is 0.567. The molecule has 2 unspecified atom stereocenters. The number of nitrogens with zero attached hydrogens (tertiary/aromatic N) is 3. The molecule has 1 saturated carbocycles. The number of phenolic OH excluding ortho intramolecular Hbond substituents is 1. The number of ketones is 2. The van der Waals surface area contributed by atoms with Crippen molar-refractivity contribution in [2.45, 2.75) is 50.3 Å². The molecule has 11 heteroatoms. The number of aliphatic hydroxyl groups is 3. The number of Topliss-reactive ketones (excluding diaryl/α,β-unsaturated/α-hetero) is 2. The van der Waals surface area contributed by atoms with E-state index in [0.29, 0.717) is 12.3 Å². The van der Waals surface area contributed by atoms with Gasteiger partial charge < -0.3 is 31.1 Å². The first-order valence-corrected chi connectivity index (χ1v) is 14.3. The monoisotopic (exact) mass is 566 g/mol. The third kappa shape index (κ3) is 3.58. The third-order valence-electron chi connectivity index (χ3n) is 10.1. The van der Waals surface area contributed by atoms with Crippen LogP contribution in [0.25, 0.3) is 5.76 Å². The van der Waals surface area contributed by atoms with Crippen molar-refractivity contribution in [2.24, 2.45) is 23.5 Å². The summed E-state index contributed by atoms with van der Waals surface area (Å²) >= 11 is 0. The number of nitrogens with two attached hydrogens (primary N) is 1. The second kappa shape index (κ2) is 9.30. The van der Waals surface area contributed by atoms with Crippen LogP contribution in [0.1, 0.15) is 48.9 Å². The zero-order valence-corrected chi connectivity index (χ0v) is 23.8. The highest BCUT2D eigenvalue weighted by atomic mass is 16.3. The van der Waals surface area contributed by atoms with Gasteiger partial charge in [0.05, 0.1) is 11.6 Å². The summed E-state index contributed by atoms with van der Waals surface area (Å²) in [7, 11) is 5.19. The Bertz CT molecular complexity index is 1450. The topological polar surface area (TPSA) is 168 Å². The first-order chi connectivity index (χ1) is 19.3. The molecule has 6 atom stereocenters. The van der Waals surface area contributed by atoms with Crippen LogP contribution in [0, 0.1) is 17.8 Å². The van der Waals surface area contributed by atoms with E-state index < -0.39 is 58.0 Å². The lowest BCUT2D eigenvalue weighted by Gasteiger charge is -2.50. The number of aromatic hydroxyl groups is 1. The van der Waals surface area contributed by atoms with Gasteiger partial charge in [-0.15, -0.1) is 0 Å². The second-order valence-corrected chi connectivity index (χ2v) is 12.6. The summed E-state index contributed by atoms with van der Waals surface area (Å²) < 4.78 is 0. The molecule has 0 radical (unpaired) electrons. The van der Waals surface area contributed by atoms with Crippen molar-refractivity contribution >= 4 is 28.9 Å². The number of hydrogen-bond acceptors (Lipinski definition) is 10. The second-order valence-electron chi connectivity index (χ2n) is 12.6. The van der Waals surface area contributed by atoms with E-state index in [2.05, 4.69) is 16.7 Å². The van der Waals surface area contributed by atoms with Crippen molar-refractivity contribution in [1.29, 1.82) is 0 Å². The van der Waals surface area contributed by atoms with Crippen LogP contribution in [0.2, 0.25) is 0 Å². The lowest BCUT2D eigenvalue weighted by molar-refractivity contribution is -0.153. The molecule has 0 aromatic heterocycles. The standard InChI is InChI=1S/C30H38N4O7/c1-5-7-34-8-6-13-12-33(4)23-15-9-14-10-17-24(32(2)3)26(37)21(29(31)40)28(39)30(17,41)27(38)19(14)25(36)20(15)18(35)11-16(23)22(13)34/h11,13-14,17,22,24,35-36,39,41H,5-10,12H2,1-4H3,(H2,31,40)/t13?,14-,17+,22?,24+,30-/m0/s1. The van der Waals surface area contributed by atoms with Gasteiger partial charge in [-0.3, -0.25) is 24.2 Å². The van der Waals surface area contributed by atoms with Crippen molar-refractivity contribution in [1.82, 2.24) is 9.80 Å². The maximum absolute atomic E-state index is 14.1. The van der Waals surface area contributed by atoms with Gasteiger partial charge in [0, 0.05) is 36.8 Å². The van der Waals surface area contributed by atoms with Gasteiger partial charge in [0.1, 0.15) is 22.8 Å². The average molecular weight is 567 g/mol. The smallest absolute Gasteiger partial charge is 0.255 e. The van der Waals surface area contributed by atoms with Gasteiger partial charge in [0.2, 0.25) is 5.78 Å². The van der Waals surface area contributed by atoms with Gasteiger partial charge in [-0.1, -0.05) is 6.92 Å². The van der Waals surface area contributed by atoms with Crippen LogP contribution in [0.4, 0.5) is 5.69 Å². The number of likely N-dealkylation sites (tertiary alicyclic amines) is 1. The largest absolute Gasteiger partial charge is 0.508 e.